The second-order valence-corrected chi connectivity index (χ2v) is 7.05. The molecule has 2 aromatic rings. The first-order valence-electron chi connectivity index (χ1n) is 8.49. The van der Waals surface area contributed by atoms with E-state index >= 15 is 0 Å². The number of amides is 2. The number of para-hydroxylation sites is 1. The molecule has 1 aromatic heterocycles. The molecule has 126 valence electrons. The molecule has 2 aliphatic heterocycles. The first-order valence-corrected chi connectivity index (χ1v) is 8.49. The van der Waals surface area contributed by atoms with Crippen molar-refractivity contribution in [3.8, 4) is 0 Å². The Morgan fingerprint density at radius 3 is 2.75 bits per heavy atom. The van der Waals surface area contributed by atoms with E-state index in [9.17, 15) is 9.59 Å². The molecule has 0 radical (unpaired) electrons. The van der Waals surface area contributed by atoms with Crippen LogP contribution in [-0.2, 0) is 11.8 Å². The fourth-order valence-corrected chi connectivity index (χ4v) is 4.26. The number of carbonyl (C=O) groups excluding carboxylic acids is 2. The Morgan fingerprint density at radius 1 is 1.21 bits per heavy atom. The highest BCUT2D eigenvalue weighted by Crippen LogP contribution is 2.38. The Balaban J connectivity index is 1.76. The Bertz CT molecular complexity index is 828. The number of nitrogens with zero attached hydrogens (tertiary/aromatic N) is 4. The van der Waals surface area contributed by atoms with Gasteiger partial charge in [0.2, 0.25) is 5.91 Å². The number of likely N-dealkylation sites (N-methyl/N-ethyl adjacent to an activating group) is 1. The monoisotopic (exact) mass is 326 g/mol. The van der Waals surface area contributed by atoms with Crippen LogP contribution in [-0.4, -0.2) is 57.1 Å². The zero-order valence-corrected chi connectivity index (χ0v) is 14.2. The lowest BCUT2D eigenvalue weighted by atomic mass is 9.85. The number of rotatable bonds is 1. The molecule has 0 N–H and O–H groups in total. The Morgan fingerprint density at radius 2 is 2.00 bits per heavy atom. The highest BCUT2D eigenvalue weighted by atomic mass is 16.2. The van der Waals surface area contributed by atoms with Crippen molar-refractivity contribution in [3.63, 3.8) is 0 Å². The van der Waals surface area contributed by atoms with Crippen molar-refractivity contribution < 1.29 is 9.59 Å². The number of likely N-dealkylation sites (tertiary alicyclic amines) is 2. The van der Waals surface area contributed by atoms with Gasteiger partial charge in [-0.05, 0) is 25.3 Å². The van der Waals surface area contributed by atoms with Gasteiger partial charge < -0.3 is 9.80 Å². The van der Waals surface area contributed by atoms with E-state index in [1.165, 1.54) is 0 Å². The fourth-order valence-electron chi connectivity index (χ4n) is 4.26. The number of aryl methyl sites for hydroxylation is 1. The summed E-state index contributed by atoms with van der Waals surface area (Å²) < 4.78 is 1.76. The first kappa shape index (κ1) is 15.2. The van der Waals surface area contributed by atoms with Crippen molar-refractivity contribution in [3.05, 3.63) is 30.0 Å². The van der Waals surface area contributed by atoms with E-state index in [4.69, 9.17) is 0 Å². The van der Waals surface area contributed by atoms with Crippen molar-refractivity contribution in [2.45, 2.75) is 31.2 Å². The summed E-state index contributed by atoms with van der Waals surface area (Å²) in [5.41, 5.74) is 1.09. The molecule has 1 aromatic carbocycles. The molecule has 4 rings (SSSR count). The highest BCUT2D eigenvalue weighted by Gasteiger charge is 2.49. The molecule has 1 atom stereocenters. The molecule has 0 aliphatic carbocycles. The second kappa shape index (κ2) is 5.33. The van der Waals surface area contributed by atoms with Crippen LogP contribution in [0.5, 0.6) is 0 Å². The number of benzene rings is 1. The van der Waals surface area contributed by atoms with Crippen molar-refractivity contribution in [1.82, 2.24) is 19.6 Å². The third-order valence-corrected chi connectivity index (χ3v) is 5.49. The molecule has 1 unspecified atom stereocenters. The molecule has 24 heavy (non-hydrogen) atoms. The predicted octanol–water partition coefficient (Wildman–Crippen LogP) is 1.80. The van der Waals surface area contributed by atoms with E-state index in [2.05, 4.69) is 5.10 Å². The van der Waals surface area contributed by atoms with Crippen molar-refractivity contribution >= 4 is 22.7 Å². The second-order valence-electron chi connectivity index (χ2n) is 7.05. The molecular weight excluding hydrogens is 304 g/mol. The van der Waals surface area contributed by atoms with E-state index < -0.39 is 0 Å². The van der Waals surface area contributed by atoms with Gasteiger partial charge in [-0.2, -0.15) is 5.10 Å². The van der Waals surface area contributed by atoms with Gasteiger partial charge in [-0.1, -0.05) is 18.2 Å². The maximum Gasteiger partial charge on any atom is 0.275 e. The maximum atomic E-state index is 13.3. The summed E-state index contributed by atoms with van der Waals surface area (Å²) in [5.74, 6) is 0.0789. The van der Waals surface area contributed by atoms with Crippen LogP contribution in [0.3, 0.4) is 0 Å². The zero-order valence-electron chi connectivity index (χ0n) is 14.2. The minimum atomic E-state index is -0.361. The Labute approximate surface area is 141 Å². The summed E-state index contributed by atoms with van der Waals surface area (Å²) in [6.45, 7) is 1.33. The normalized spacial score (nSPS) is 24.3. The van der Waals surface area contributed by atoms with Crippen molar-refractivity contribution in [2.75, 3.05) is 20.1 Å². The number of fused-ring (bicyclic) bond motifs is 1. The van der Waals surface area contributed by atoms with Gasteiger partial charge in [0.1, 0.15) is 0 Å². The van der Waals surface area contributed by atoms with Crippen LogP contribution < -0.4 is 0 Å². The van der Waals surface area contributed by atoms with Crippen LogP contribution in [0.25, 0.3) is 10.9 Å². The number of piperidine rings is 1. The van der Waals surface area contributed by atoms with Crippen LogP contribution in [0.2, 0.25) is 0 Å². The van der Waals surface area contributed by atoms with E-state index in [0.29, 0.717) is 25.2 Å². The standard InChI is InChI=1S/C18H22N4O2/c1-20-12-18(11-15(20)23)9-5-6-10-22(18)17(24)16-13-7-3-4-8-14(13)21(2)19-16/h3-4,7-8H,5-6,9-12H2,1-2H3. The largest absolute Gasteiger partial charge is 0.343 e. The minimum absolute atomic E-state index is 0.0467. The number of carbonyl (C=O) groups is 2. The van der Waals surface area contributed by atoms with Gasteiger partial charge in [0.15, 0.2) is 5.69 Å². The highest BCUT2D eigenvalue weighted by molar-refractivity contribution is 6.05. The summed E-state index contributed by atoms with van der Waals surface area (Å²) in [5, 5.41) is 5.36. The molecule has 0 saturated carbocycles. The molecule has 1 spiro atoms. The first-order chi connectivity index (χ1) is 11.5. The van der Waals surface area contributed by atoms with Crippen molar-refractivity contribution in [1.29, 1.82) is 0 Å². The van der Waals surface area contributed by atoms with Gasteiger partial charge in [-0.15, -0.1) is 0 Å². The van der Waals surface area contributed by atoms with Crippen LogP contribution in [0, 0.1) is 0 Å². The lowest BCUT2D eigenvalue weighted by Crippen LogP contribution is -2.56. The molecule has 6 heteroatoms. The van der Waals surface area contributed by atoms with Gasteiger partial charge in [0.25, 0.3) is 5.91 Å². The number of hydrogen-bond donors (Lipinski definition) is 0. The summed E-state index contributed by atoms with van der Waals surface area (Å²) in [4.78, 5) is 29.1. The third kappa shape index (κ3) is 2.12. The molecule has 2 amide bonds. The van der Waals surface area contributed by atoms with Gasteiger partial charge in [0, 0.05) is 32.6 Å². The van der Waals surface area contributed by atoms with E-state index in [-0.39, 0.29) is 17.4 Å². The topological polar surface area (TPSA) is 58.4 Å². The molecule has 2 aliphatic rings. The summed E-state index contributed by atoms with van der Waals surface area (Å²) >= 11 is 0. The average molecular weight is 326 g/mol. The maximum absolute atomic E-state index is 13.3. The quantitative estimate of drug-likeness (QED) is 0.803. The predicted molar refractivity (Wildman–Crippen MR) is 90.6 cm³/mol. The SMILES string of the molecule is CN1CC2(CCCCN2C(=O)c2nn(C)c3ccccc23)CC1=O. The van der Waals surface area contributed by atoms with E-state index in [1.807, 2.05) is 43.3 Å². The van der Waals surface area contributed by atoms with Gasteiger partial charge in [-0.3, -0.25) is 14.3 Å². The lowest BCUT2D eigenvalue weighted by molar-refractivity contribution is -0.126. The van der Waals surface area contributed by atoms with Crippen LogP contribution >= 0.6 is 0 Å². The number of aromatic nitrogens is 2. The van der Waals surface area contributed by atoms with Gasteiger partial charge >= 0.3 is 0 Å². The van der Waals surface area contributed by atoms with Crippen LogP contribution in [0.15, 0.2) is 24.3 Å². The fraction of sp³-hybridized carbons (Fsp3) is 0.500. The molecule has 3 heterocycles. The van der Waals surface area contributed by atoms with Gasteiger partial charge in [-0.25, -0.2) is 0 Å². The summed E-state index contributed by atoms with van der Waals surface area (Å²) in [6.07, 6.45) is 3.36. The third-order valence-electron chi connectivity index (χ3n) is 5.49. The average Bonchev–Trinajstić information content (AvgIpc) is 3.05. The molecule has 2 fully saturated rings. The van der Waals surface area contributed by atoms with Crippen LogP contribution in [0.4, 0.5) is 0 Å². The van der Waals surface area contributed by atoms with E-state index in [1.54, 1.807) is 9.58 Å². The summed E-state index contributed by atoms with van der Waals surface area (Å²) in [7, 11) is 3.68. The van der Waals surface area contributed by atoms with Crippen molar-refractivity contribution in [2.24, 2.45) is 7.05 Å². The molecular formula is C18H22N4O2. The smallest absolute Gasteiger partial charge is 0.275 e. The Hall–Kier alpha value is -2.37. The number of hydrogen-bond acceptors (Lipinski definition) is 3. The zero-order chi connectivity index (χ0) is 16.9. The summed E-state index contributed by atoms with van der Waals surface area (Å²) in [6, 6.07) is 7.79. The van der Waals surface area contributed by atoms with Gasteiger partial charge in [0.05, 0.1) is 17.5 Å². The minimum Gasteiger partial charge on any atom is -0.343 e. The van der Waals surface area contributed by atoms with Crippen LogP contribution in [0.1, 0.15) is 36.2 Å². The van der Waals surface area contributed by atoms with E-state index in [0.717, 1.165) is 30.2 Å². The molecule has 6 nitrogen and oxygen atoms in total. The lowest BCUT2D eigenvalue weighted by Gasteiger charge is -2.44. The molecule has 2 saturated heterocycles. The Kier molecular flexibility index (Phi) is 3.37. The molecule has 0 bridgehead atoms.